The van der Waals surface area contributed by atoms with Crippen molar-refractivity contribution in [1.82, 2.24) is 5.32 Å². The minimum atomic E-state index is -4.41. The van der Waals surface area contributed by atoms with E-state index >= 15 is 0 Å². The number of amides is 1. The normalized spacial score (nSPS) is 14.0. The Morgan fingerprint density at radius 3 is 2.54 bits per heavy atom. The number of carbonyl (C=O) groups excluding carboxylic acids is 1. The molecule has 2 aromatic carbocycles. The first-order valence-electron chi connectivity index (χ1n) is 7.82. The number of benzene rings is 2. The molecular weight excluding hydrogens is 351 g/mol. The quantitative estimate of drug-likeness (QED) is 0.876. The van der Waals surface area contributed by atoms with Gasteiger partial charge in [-0.3, -0.25) is 4.79 Å². The first kappa shape index (κ1) is 17.9. The summed E-state index contributed by atoms with van der Waals surface area (Å²) in [5, 5.41) is 2.75. The van der Waals surface area contributed by atoms with Gasteiger partial charge in [0.2, 0.25) is 6.79 Å². The zero-order valence-electron chi connectivity index (χ0n) is 13.8. The summed E-state index contributed by atoms with van der Waals surface area (Å²) in [5.74, 6) is 1.06. The third-order valence-electron chi connectivity index (χ3n) is 3.83. The second-order valence-electron chi connectivity index (χ2n) is 5.71. The smallest absolute Gasteiger partial charge is 0.416 e. The zero-order chi connectivity index (χ0) is 18.7. The topological polar surface area (TPSA) is 56.8 Å². The number of fused-ring (bicyclic) bond motifs is 1. The van der Waals surface area contributed by atoms with Gasteiger partial charge in [-0.2, -0.15) is 13.2 Å². The van der Waals surface area contributed by atoms with Gasteiger partial charge in [0.15, 0.2) is 18.1 Å². The fourth-order valence-electron chi connectivity index (χ4n) is 2.44. The fraction of sp³-hybridized carbons (Fsp3) is 0.278. The van der Waals surface area contributed by atoms with Crippen molar-refractivity contribution < 1.29 is 32.2 Å². The molecule has 0 fully saturated rings. The van der Waals surface area contributed by atoms with Gasteiger partial charge in [-0.05, 0) is 48.9 Å². The van der Waals surface area contributed by atoms with Crippen molar-refractivity contribution in [2.45, 2.75) is 19.1 Å². The molecule has 1 atom stereocenters. The molecule has 5 nitrogen and oxygen atoms in total. The number of hydrogen-bond acceptors (Lipinski definition) is 4. The van der Waals surface area contributed by atoms with Gasteiger partial charge in [-0.1, -0.05) is 6.07 Å². The van der Waals surface area contributed by atoms with Crippen LogP contribution < -0.4 is 19.5 Å². The molecule has 1 heterocycles. The van der Waals surface area contributed by atoms with Crippen LogP contribution in [0.15, 0.2) is 42.5 Å². The SMILES string of the molecule is C[C@H](NC(=O)COc1ccc(C(F)(F)F)cc1)c1ccc2c(c1)OCO2. The molecule has 0 spiro atoms. The molecule has 26 heavy (non-hydrogen) atoms. The minimum absolute atomic E-state index is 0.167. The molecule has 138 valence electrons. The summed E-state index contributed by atoms with van der Waals surface area (Å²) in [5.41, 5.74) is 0.0582. The van der Waals surface area contributed by atoms with E-state index in [-0.39, 0.29) is 25.2 Å². The molecule has 8 heteroatoms. The number of nitrogens with one attached hydrogen (secondary N) is 1. The molecule has 1 aliphatic rings. The van der Waals surface area contributed by atoms with Gasteiger partial charge in [-0.25, -0.2) is 0 Å². The van der Waals surface area contributed by atoms with E-state index in [2.05, 4.69) is 5.32 Å². The maximum absolute atomic E-state index is 12.5. The van der Waals surface area contributed by atoms with E-state index < -0.39 is 17.6 Å². The minimum Gasteiger partial charge on any atom is -0.484 e. The molecule has 0 aliphatic carbocycles. The number of hydrogen-bond donors (Lipinski definition) is 1. The number of halogens is 3. The van der Waals surface area contributed by atoms with Crippen molar-refractivity contribution in [2.75, 3.05) is 13.4 Å². The Kier molecular flexibility index (Phi) is 4.92. The van der Waals surface area contributed by atoms with Crippen molar-refractivity contribution >= 4 is 5.91 Å². The Labute approximate surface area is 147 Å². The Hall–Kier alpha value is -2.90. The van der Waals surface area contributed by atoms with Crippen LogP contribution in [-0.4, -0.2) is 19.3 Å². The molecule has 0 saturated heterocycles. The van der Waals surface area contributed by atoms with E-state index in [9.17, 15) is 18.0 Å². The highest BCUT2D eigenvalue weighted by Crippen LogP contribution is 2.34. The molecule has 1 N–H and O–H groups in total. The first-order chi connectivity index (χ1) is 12.3. The molecule has 1 aliphatic heterocycles. The lowest BCUT2D eigenvalue weighted by Gasteiger charge is -2.15. The molecule has 0 aromatic heterocycles. The monoisotopic (exact) mass is 367 g/mol. The van der Waals surface area contributed by atoms with Crippen LogP contribution in [0.25, 0.3) is 0 Å². The van der Waals surface area contributed by atoms with Gasteiger partial charge < -0.3 is 19.5 Å². The number of alkyl halides is 3. The standard InChI is InChI=1S/C18H16F3NO4/c1-11(12-2-7-15-16(8-12)26-10-25-15)22-17(23)9-24-14-5-3-13(4-6-14)18(19,20)21/h2-8,11H,9-10H2,1H3,(H,22,23)/t11-/m0/s1. The van der Waals surface area contributed by atoms with Crippen LogP contribution in [-0.2, 0) is 11.0 Å². The van der Waals surface area contributed by atoms with Gasteiger partial charge >= 0.3 is 6.18 Å². The summed E-state index contributed by atoms with van der Waals surface area (Å²) in [6.07, 6.45) is -4.41. The van der Waals surface area contributed by atoms with Crippen LogP contribution in [0.5, 0.6) is 17.2 Å². The highest BCUT2D eigenvalue weighted by molar-refractivity contribution is 5.78. The average molecular weight is 367 g/mol. The molecule has 3 rings (SSSR count). The van der Waals surface area contributed by atoms with Crippen molar-refractivity contribution in [1.29, 1.82) is 0 Å². The fourth-order valence-corrected chi connectivity index (χ4v) is 2.44. The molecule has 0 unspecified atom stereocenters. The maximum Gasteiger partial charge on any atom is 0.416 e. The largest absolute Gasteiger partial charge is 0.484 e. The third kappa shape index (κ3) is 4.19. The van der Waals surface area contributed by atoms with Crippen LogP contribution in [0.1, 0.15) is 24.1 Å². The lowest BCUT2D eigenvalue weighted by molar-refractivity contribution is -0.137. The maximum atomic E-state index is 12.5. The van der Waals surface area contributed by atoms with Gasteiger partial charge in [0.1, 0.15) is 5.75 Å². The highest BCUT2D eigenvalue weighted by atomic mass is 19.4. The third-order valence-corrected chi connectivity index (χ3v) is 3.83. The number of ether oxygens (including phenoxy) is 3. The van der Waals surface area contributed by atoms with Crippen molar-refractivity contribution in [3.8, 4) is 17.2 Å². The predicted octanol–water partition coefficient (Wildman–Crippen LogP) is 3.69. The second-order valence-corrected chi connectivity index (χ2v) is 5.71. The number of rotatable bonds is 5. The average Bonchev–Trinajstić information content (AvgIpc) is 3.07. The van der Waals surface area contributed by atoms with Crippen molar-refractivity contribution in [3.63, 3.8) is 0 Å². The molecule has 0 saturated carbocycles. The van der Waals surface area contributed by atoms with Crippen molar-refractivity contribution in [2.24, 2.45) is 0 Å². The van der Waals surface area contributed by atoms with Gasteiger partial charge in [0.25, 0.3) is 5.91 Å². The van der Waals surface area contributed by atoms with Gasteiger partial charge in [0, 0.05) is 0 Å². The lowest BCUT2D eigenvalue weighted by Crippen LogP contribution is -2.31. The van der Waals surface area contributed by atoms with Crippen molar-refractivity contribution in [3.05, 3.63) is 53.6 Å². The Bertz CT molecular complexity index is 790. The van der Waals surface area contributed by atoms with E-state index in [4.69, 9.17) is 14.2 Å². The van der Waals surface area contributed by atoms with Crippen LogP contribution >= 0.6 is 0 Å². The Balaban J connectivity index is 1.52. The summed E-state index contributed by atoms with van der Waals surface area (Å²) in [7, 11) is 0. The van der Waals surface area contributed by atoms with Crippen LogP contribution in [0.3, 0.4) is 0 Å². The number of carbonyl (C=O) groups is 1. The molecular formula is C18H16F3NO4. The Morgan fingerprint density at radius 1 is 1.15 bits per heavy atom. The van der Waals surface area contributed by atoms with E-state index in [0.29, 0.717) is 11.5 Å². The summed E-state index contributed by atoms with van der Waals surface area (Å²) >= 11 is 0. The van der Waals surface area contributed by atoms with Crippen LogP contribution in [0, 0.1) is 0 Å². The molecule has 0 radical (unpaired) electrons. The van der Waals surface area contributed by atoms with Gasteiger partial charge in [-0.15, -0.1) is 0 Å². The molecule has 2 aromatic rings. The van der Waals surface area contributed by atoms with E-state index in [1.165, 1.54) is 12.1 Å². The first-order valence-corrected chi connectivity index (χ1v) is 7.82. The molecule has 0 bridgehead atoms. The van der Waals surface area contributed by atoms with E-state index in [1.54, 1.807) is 19.1 Å². The van der Waals surface area contributed by atoms with Crippen LogP contribution in [0.4, 0.5) is 13.2 Å². The molecule has 1 amide bonds. The highest BCUT2D eigenvalue weighted by Gasteiger charge is 2.30. The van der Waals surface area contributed by atoms with Crippen LogP contribution in [0.2, 0.25) is 0 Å². The summed E-state index contributed by atoms with van der Waals surface area (Å²) in [6.45, 7) is 1.66. The lowest BCUT2D eigenvalue weighted by atomic mass is 10.1. The summed E-state index contributed by atoms with van der Waals surface area (Å²) < 4.78 is 53.2. The summed E-state index contributed by atoms with van der Waals surface area (Å²) in [6, 6.07) is 9.23. The zero-order valence-corrected chi connectivity index (χ0v) is 13.8. The predicted molar refractivity (Wildman–Crippen MR) is 86.1 cm³/mol. The second kappa shape index (κ2) is 7.15. The van der Waals surface area contributed by atoms with E-state index in [0.717, 1.165) is 17.7 Å². The van der Waals surface area contributed by atoms with Gasteiger partial charge in [0.05, 0.1) is 11.6 Å². The summed E-state index contributed by atoms with van der Waals surface area (Å²) in [4.78, 5) is 12.0. The Morgan fingerprint density at radius 2 is 1.85 bits per heavy atom. The van der Waals surface area contributed by atoms with E-state index in [1.807, 2.05) is 6.07 Å².